The molecule has 0 saturated carbocycles. The highest BCUT2D eigenvalue weighted by atomic mass is 16.5. The van der Waals surface area contributed by atoms with E-state index < -0.39 is 0 Å². The molecule has 0 radical (unpaired) electrons. The van der Waals surface area contributed by atoms with Crippen LogP contribution in [0.25, 0.3) is 6.08 Å². The first-order chi connectivity index (χ1) is 9.76. The molecule has 0 aliphatic rings. The van der Waals surface area contributed by atoms with Gasteiger partial charge in [0.2, 0.25) is 0 Å². The van der Waals surface area contributed by atoms with Crippen molar-refractivity contribution in [2.24, 2.45) is 0 Å². The molecular weight excluding hydrogens is 256 g/mol. The predicted octanol–water partition coefficient (Wildman–Crippen LogP) is 2.13. The molecule has 0 spiro atoms. The van der Waals surface area contributed by atoms with Gasteiger partial charge in [0, 0.05) is 19.4 Å². The van der Waals surface area contributed by atoms with Crippen LogP contribution in [-0.2, 0) is 0 Å². The minimum atomic E-state index is -0.223. The molecule has 1 aromatic carbocycles. The third-order valence-corrected chi connectivity index (χ3v) is 2.73. The van der Waals surface area contributed by atoms with Crippen LogP contribution < -0.4 is 15.4 Å². The minimum absolute atomic E-state index is 0.205. The topological polar surface area (TPSA) is 70.6 Å². The van der Waals surface area contributed by atoms with E-state index >= 15 is 0 Å². The Labute approximate surface area is 119 Å². The lowest BCUT2D eigenvalue weighted by Gasteiger charge is -2.04. The smallest absolute Gasteiger partial charge is 0.318 e. The van der Waals surface area contributed by atoms with Gasteiger partial charge in [0.1, 0.15) is 5.75 Å². The zero-order chi connectivity index (χ0) is 14.6. The lowest BCUT2D eigenvalue weighted by molar-refractivity contribution is 0.243. The van der Waals surface area contributed by atoms with E-state index in [-0.39, 0.29) is 12.6 Å². The molecule has 1 rings (SSSR count). The molecule has 0 aliphatic heterocycles. The second-order valence-electron chi connectivity index (χ2n) is 4.29. The molecule has 0 bridgehead atoms. The Morgan fingerprint density at radius 1 is 1.25 bits per heavy atom. The zero-order valence-electron chi connectivity index (χ0n) is 11.8. The number of amides is 2. The Bertz CT molecular complexity index is 416. The Morgan fingerprint density at radius 3 is 2.65 bits per heavy atom. The van der Waals surface area contributed by atoms with Crippen molar-refractivity contribution in [3.05, 3.63) is 36.0 Å². The molecule has 20 heavy (non-hydrogen) atoms. The fraction of sp³-hybridized carbons (Fsp3) is 0.400. The third kappa shape index (κ3) is 6.80. The summed E-state index contributed by atoms with van der Waals surface area (Å²) in [5.41, 5.74) is 0.981. The maximum atomic E-state index is 11.4. The van der Waals surface area contributed by atoms with E-state index in [2.05, 4.69) is 10.6 Å². The van der Waals surface area contributed by atoms with Crippen LogP contribution in [0, 0.1) is 0 Å². The maximum Gasteiger partial charge on any atom is 0.318 e. The van der Waals surface area contributed by atoms with Gasteiger partial charge in [-0.1, -0.05) is 12.1 Å². The van der Waals surface area contributed by atoms with Crippen LogP contribution in [0.3, 0.4) is 0 Å². The molecule has 0 aromatic heterocycles. The molecule has 1 aromatic rings. The normalized spacial score (nSPS) is 10.5. The summed E-state index contributed by atoms with van der Waals surface area (Å²) in [4.78, 5) is 11.4. The van der Waals surface area contributed by atoms with Crippen molar-refractivity contribution in [1.29, 1.82) is 0 Å². The van der Waals surface area contributed by atoms with E-state index in [9.17, 15) is 4.79 Å². The SMILES string of the molecule is COc1ccc(/C=C/NC(=O)NCCCCCO)cc1. The molecular formula is C15H22N2O3. The van der Waals surface area contributed by atoms with Gasteiger partial charge in [-0.2, -0.15) is 0 Å². The number of ether oxygens (including phenoxy) is 1. The minimum Gasteiger partial charge on any atom is -0.497 e. The van der Waals surface area contributed by atoms with Gasteiger partial charge in [-0.15, -0.1) is 0 Å². The summed E-state index contributed by atoms with van der Waals surface area (Å²) in [5.74, 6) is 0.802. The molecule has 0 heterocycles. The second-order valence-corrected chi connectivity index (χ2v) is 4.29. The maximum absolute atomic E-state index is 11.4. The van der Waals surface area contributed by atoms with E-state index in [4.69, 9.17) is 9.84 Å². The number of rotatable bonds is 8. The van der Waals surface area contributed by atoms with E-state index in [1.807, 2.05) is 30.3 Å². The zero-order valence-corrected chi connectivity index (χ0v) is 11.8. The number of aliphatic hydroxyl groups is 1. The van der Waals surface area contributed by atoms with Crippen molar-refractivity contribution < 1.29 is 14.6 Å². The van der Waals surface area contributed by atoms with Crippen molar-refractivity contribution in [1.82, 2.24) is 10.6 Å². The summed E-state index contributed by atoms with van der Waals surface area (Å²) in [6.07, 6.45) is 5.98. The number of unbranched alkanes of at least 4 members (excludes halogenated alkanes) is 2. The van der Waals surface area contributed by atoms with Gasteiger partial charge in [-0.25, -0.2) is 4.79 Å². The molecule has 0 aliphatic carbocycles. The molecule has 5 nitrogen and oxygen atoms in total. The largest absolute Gasteiger partial charge is 0.497 e. The molecule has 0 unspecified atom stereocenters. The first kappa shape index (κ1) is 16.0. The summed E-state index contributed by atoms with van der Waals surface area (Å²) < 4.78 is 5.06. The van der Waals surface area contributed by atoms with Gasteiger partial charge < -0.3 is 20.5 Å². The average Bonchev–Trinajstić information content (AvgIpc) is 2.48. The van der Waals surface area contributed by atoms with Crippen LogP contribution in [0.5, 0.6) is 5.75 Å². The molecule has 5 heteroatoms. The highest BCUT2D eigenvalue weighted by molar-refractivity contribution is 5.75. The van der Waals surface area contributed by atoms with Crippen LogP contribution in [0.15, 0.2) is 30.5 Å². The number of carbonyl (C=O) groups excluding carboxylic acids is 1. The number of urea groups is 1. The van der Waals surface area contributed by atoms with Gasteiger partial charge in [0.05, 0.1) is 7.11 Å². The van der Waals surface area contributed by atoms with E-state index in [0.29, 0.717) is 6.54 Å². The van der Waals surface area contributed by atoms with Crippen molar-refractivity contribution in [2.45, 2.75) is 19.3 Å². The van der Waals surface area contributed by atoms with Gasteiger partial charge in [0.15, 0.2) is 0 Å². The first-order valence-electron chi connectivity index (χ1n) is 6.72. The van der Waals surface area contributed by atoms with Gasteiger partial charge >= 0.3 is 6.03 Å². The van der Waals surface area contributed by atoms with Crippen LogP contribution in [-0.4, -0.2) is 31.4 Å². The third-order valence-electron chi connectivity index (χ3n) is 2.73. The summed E-state index contributed by atoms with van der Waals surface area (Å²) in [5, 5.41) is 14.0. The molecule has 2 amide bonds. The number of hydrogen-bond donors (Lipinski definition) is 3. The Hall–Kier alpha value is -2.01. The molecule has 0 fully saturated rings. The van der Waals surface area contributed by atoms with Gasteiger partial charge in [-0.3, -0.25) is 0 Å². The molecule has 0 saturated heterocycles. The van der Waals surface area contributed by atoms with Crippen molar-refractivity contribution >= 4 is 12.1 Å². The highest BCUT2D eigenvalue weighted by Crippen LogP contribution is 2.11. The van der Waals surface area contributed by atoms with Crippen LogP contribution in [0.4, 0.5) is 4.79 Å². The molecule has 0 atom stereocenters. The Morgan fingerprint density at radius 2 is 2.00 bits per heavy atom. The average molecular weight is 278 g/mol. The quantitative estimate of drug-likeness (QED) is 0.638. The number of aliphatic hydroxyl groups excluding tert-OH is 1. The lowest BCUT2D eigenvalue weighted by Crippen LogP contribution is -2.32. The summed E-state index contributed by atoms with van der Waals surface area (Å²) in [6, 6.07) is 7.31. The van der Waals surface area contributed by atoms with Crippen molar-refractivity contribution in [3.63, 3.8) is 0 Å². The Kier molecular flexibility index (Phi) is 7.91. The van der Waals surface area contributed by atoms with Crippen LogP contribution in [0.1, 0.15) is 24.8 Å². The molecule has 3 N–H and O–H groups in total. The van der Waals surface area contributed by atoms with Gasteiger partial charge in [0.25, 0.3) is 0 Å². The highest BCUT2D eigenvalue weighted by Gasteiger charge is 1.96. The van der Waals surface area contributed by atoms with Crippen LogP contribution >= 0.6 is 0 Å². The summed E-state index contributed by atoms with van der Waals surface area (Å²) in [7, 11) is 1.62. The number of benzene rings is 1. The predicted molar refractivity (Wildman–Crippen MR) is 79.5 cm³/mol. The lowest BCUT2D eigenvalue weighted by atomic mass is 10.2. The van der Waals surface area contributed by atoms with Gasteiger partial charge in [-0.05, 0) is 43.0 Å². The number of hydrogen-bond acceptors (Lipinski definition) is 3. The Balaban J connectivity index is 2.20. The number of carbonyl (C=O) groups is 1. The van der Waals surface area contributed by atoms with E-state index in [1.54, 1.807) is 13.3 Å². The van der Waals surface area contributed by atoms with E-state index in [0.717, 1.165) is 30.6 Å². The molecule has 110 valence electrons. The van der Waals surface area contributed by atoms with Crippen LogP contribution in [0.2, 0.25) is 0 Å². The fourth-order valence-electron chi connectivity index (χ4n) is 1.60. The number of nitrogens with one attached hydrogen (secondary N) is 2. The van der Waals surface area contributed by atoms with Crippen molar-refractivity contribution in [2.75, 3.05) is 20.3 Å². The number of methoxy groups -OCH3 is 1. The fourth-order valence-corrected chi connectivity index (χ4v) is 1.60. The van der Waals surface area contributed by atoms with Crippen molar-refractivity contribution in [3.8, 4) is 5.75 Å². The summed E-state index contributed by atoms with van der Waals surface area (Å²) >= 11 is 0. The summed E-state index contributed by atoms with van der Waals surface area (Å²) in [6.45, 7) is 0.818. The monoisotopic (exact) mass is 278 g/mol. The standard InChI is InChI=1S/C15H22N2O3/c1-20-14-7-5-13(6-8-14)9-11-17-15(19)16-10-3-2-4-12-18/h5-9,11,18H,2-4,10,12H2,1H3,(H2,16,17,19)/b11-9+. The second kappa shape index (κ2) is 9.86. The first-order valence-corrected chi connectivity index (χ1v) is 6.72. The van der Waals surface area contributed by atoms with E-state index in [1.165, 1.54) is 0 Å².